The molecule has 1 N–H and O–H groups in total. The summed E-state index contributed by atoms with van der Waals surface area (Å²) in [5.74, 6) is 1.66. The molecular formula is C25H39NO7S. The molecule has 0 unspecified atom stereocenters. The topological polar surface area (TPSA) is 104 Å². The van der Waals surface area contributed by atoms with Gasteiger partial charge in [0.1, 0.15) is 5.75 Å². The van der Waals surface area contributed by atoms with Gasteiger partial charge in [0.25, 0.3) is 0 Å². The maximum Gasteiger partial charge on any atom is 0.303 e. The molecule has 2 aromatic rings. The van der Waals surface area contributed by atoms with E-state index in [1.54, 1.807) is 32.4 Å². The number of aryl methyl sites for hydroxylation is 1. The Hall–Kier alpha value is -2.94. The highest BCUT2D eigenvalue weighted by Crippen LogP contribution is 2.28. The highest BCUT2D eigenvalue weighted by molar-refractivity contribution is 7.89. The molecular weight excluding hydrogens is 458 g/mol. The van der Waals surface area contributed by atoms with Gasteiger partial charge in [0.2, 0.25) is 10.0 Å². The lowest BCUT2D eigenvalue weighted by Gasteiger charge is -2.03. The minimum Gasteiger partial charge on any atom is -0.502 e. The first-order chi connectivity index (χ1) is 16.1. The third-order valence-corrected chi connectivity index (χ3v) is 5.77. The van der Waals surface area contributed by atoms with E-state index in [4.69, 9.17) is 19.3 Å². The van der Waals surface area contributed by atoms with Gasteiger partial charge in [-0.1, -0.05) is 13.8 Å². The molecule has 2 rings (SSSR count). The number of fused-ring (bicyclic) bond motifs is 1. The van der Waals surface area contributed by atoms with Crippen LogP contribution in [0.1, 0.15) is 52.5 Å². The molecule has 0 aliphatic heterocycles. The molecule has 9 heteroatoms. The summed E-state index contributed by atoms with van der Waals surface area (Å²) >= 11 is 0. The van der Waals surface area contributed by atoms with Crippen molar-refractivity contribution in [3.63, 3.8) is 0 Å². The van der Waals surface area contributed by atoms with E-state index < -0.39 is 16.0 Å². The van der Waals surface area contributed by atoms with E-state index in [1.165, 1.54) is 17.3 Å². The Morgan fingerprint density at radius 3 is 2.24 bits per heavy atom. The first kappa shape index (κ1) is 31.1. The van der Waals surface area contributed by atoms with Gasteiger partial charge in [-0.2, -0.15) is 0 Å². The van der Waals surface area contributed by atoms with E-state index in [1.807, 2.05) is 33.8 Å². The molecule has 0 bridgehead atoms. The van der Waals surface area contributed by atoms with Crippen molar-refractivity contribution in [1.29, 1.82) is 0 Å². The fourth-order valence-corrected chi connectivity index (χ4v) is 3.79. The van der Waals surface area contributed by atoms with Crippen molar-refractivity contribution in [2.75, 3.05) is 27.6 Å². The maximum absolute atomic E-state index is 11.8. The van der Waals surface area contributed by atoms with Gasteiger partial charge in [-0.05, 0) is 62.6 Å². The van der Waals surface area contributed by atoms with Crippen LogP contribution >= 0.6 is 0 Å². The molecule has 34 heavy (non-hydrogen) atoms. The zero-order valence-electron chi connectivity index (χ0n) is 21.5. The first-order valence-corrected chi connectivity index (χ1v) is 12.9. The molecule has 1 aromatic carbocycles. The molecule has 0 atom stereocenters. The average molecular weight is 498 g/mol. The molecule has 192 valence electrons. The smallest absolute Gasteiger partial charge is 0.303 e. The molecule has 0 radical (unpaired) electrons. The van der Waals surface area contributed by atoms with Crippen molar-refractivity contribution in [2.24, 2.45) is 0 Å². The monoisotopic (exact) mass is 497 g/mol. The summed E-state index contributed by atoms with van der Waals surface area (Å²) in [7, 11) is 1.46. The van der Waals surface area contributed by atoms with Gasteiger partial charge >= 0.3 is 5.97 Å². The van der Waals surface area contributed by atoms with Crippen molar-refractivity contribution in [3.05, 3.63) is 53.6 Å². The van der Waals surface area contributed by atoms with E-state index in [2.05, 4.69) is 6.08 Å². The number of ether oxygens (including phenoxy) is 3. The van der Waals surface area contributed by atoms with Gasteiger partial charge in [0.15, 0.2) is 0 Å². The van der Waals surface area contributed by atoms with E-state index in [0.29, 0.717) is 22.2 Å². The number of methoxy groups -OCH3 is 3. The zero-order valence-corrected chi connectivity index (χ0v) is 22.4. The Balaban J connectivity index is 0.000000670. The molecule has 1 aromatic heterocycles. The van der Waals surface area contributed by atoms with Crippen molar-refractivity contribution in [2.45, 2.75) is 53.4 Å². The predicted molar refractivity (Wildman–Crippen MR) is 137 cm³/mol. The number of carboxylic acid groups (broad SMARTS) is 1. The number of allylic oxidation sites excluding steroid dienone is 4. The van der Waals surface area contributed by atoms with Crippen LogP contribution in [0.4, 0.5) is 0 Å². The van der Waals surface area contributed by atoms with Crippen LogP contribution in [0.5, 0.6) is 5.75 Å². The minimum absolute atomic E-state index is 0.0555. The molecule has 0 spiro atoms. The normalized spacial score (nSPS) is 11.6. The van der Waals surface area contributed by atoms with Crippen LogP contribution in [-0.4, -0.2) is 51.1 Å². The van der Waals surface area contributed by atoms with Crippen LogP contribution in [0, 0.1) is 0 Å². The van der Waals surface area contributed by atoms with Crippen LogP contribution in [0.3, 0.4) is 0 Å². The van der Waals surface area contributed by atoms with Crippen LogP contribution < -0.4 is 4.74 Å². The predicted octanol–water partition coefficient (Wildman–Crippen LogP) is 5.37. The Morgan fingerprint density at radius 2 is 1.76 bits per heavy atom. The summed E-state index contributed by atoms with van der Waals surface area (Å²) in [5.41, 5.74) is 1.19. The van der Waals surface area contributed by atoms with Gasteiger partial charge in [-0.25, -0.2) is 12.4 Å². The summed E-state index contributed by atoms with van der Waals surface area (Å²) < 4.78 is 39.9. The second-order valence-corrected chi connectivity index (χ2v) is 8.87. The van der Waals surface area contributed by atoms with Gasteiger partial charge in [-0.3, -0.25) is 4.79 Å². The summed E-state index contributed by atoms with van der Waals surface area (Å²) in [6.07, 6.45) is 8.74. The Labute approximate surface area is 203 Å². The SMILES string of the molecule is C/C=C(\CC/C=C(\C)OC)OC.CC.COc1ccc2c(c1)c(CCC(=O)O)cn2S(C)(=O)=O. The number of carboxylic acids is 1. The van der Waals surface area contributed by atoms with Crippen molar-refractivity contribution >= 4 is 26.9 Å². The summed E-state index contributed by atoms with van der Waals surface area (Å²) in [4.78, 5) is 10.7. The highest BCUT2D eigenvalue weighted by atomic mass is 32.2. The lowest BCUT2D eigenvalue weighted by atomic mass is 10.1. The van der Waals surface area contributed by atoms with Crippen molar-refractivity contribution < 1.29 is 32.5 Å². The fourth-order valence-electron chi connectivity index (χ4n) is 2.95. The Kier molecular flexibility index (Phi) is 14.5. The fraction of sp³-hybridized carbons (Fsp3) is 0.480. The number of aromatic nitrogens is 1. The van der Waals surface area contributed by atoms with Gasteiger partial charge < -0.3 is 19.3 Å². The molecule has 1 heterocycles. The van der Waals surface area contributed by atoms with E-state index in [0.717, 1.165) is 30.6 Å². The van der Waals surface area contributed by atoms with E-state index in [-0.39, 0.29) is 12.8 Å². The second-order valence-electron chi connectivity index (χ2n) is 7.01. The number of rotatable bonds is 10. The third-order valence-electron chi connectivity index (χ3n) is 4.75. The Morgan fingerprint density at radius 1 is 1.12 bits per heavy atom. The summed E-state index contributed by atoms with van der Waals surface area (Å²) in [6, 6.07) is 5.04. The largest absolute Gasteiger partial charge is 0.502 e. The van der Waals surface area contributed by atoms with Crippen LogP contribution in [0.15, 0.2) is 48.1 Å². The molecule has 0 aliphatic rings. The van der Waals surface area contributed by atoms with Crippen LogP contribution in [-0.2, 0) is 30.7 Å². The van der Waals surface area contributed by atoms with Gasteiger partial charge in [-0.15, -0.1) is 0 Å². The molecule has 0 fully saturated rings. The minimum atomic E-state index is -3.44. The molecule has 0 amide bonds. The molecule has 0 saturated carbocycles. The molecule has 8 nitrogen and oxygen atoms in total. The Bertz CT molecular complexity index is 1070. The standard InChI is InChI=1S/C13H15NO5S.C10H18O2.C2H6/c1-19-10-4-5-12-11(7-10)9(3-6-13(15)16)8-14(12)20(2,17)18;1-5-10(12-4)8-6-7-9(2)11-3;1-2/h4-5,7-8H,3,6H2,1-2H3,(H,15,16);5,7H,6,8H2,1-4H3;1-2H3/b;9-7+,10-5+;. The number of aliphatic carboxylic acids is 1. The number of carbonyl (C=O) groups is 1. The first-order valence-electron chi connectivity index (χ1n) is 11.1. The van der Waals surface area contributed by atoms with Crippen LogP contribution in [0.2, 0.25) is 0 Å². The average Bonchev–Trinajstić information content (AvgIpc) is 3.20. The van der Waals surface area contributed by atoms with Crippen molar-refractivity contribution in [3.8, 4) is 5.75 Å². The van der Waals surface area contributed by atoms with E-state index in [9.17, 15) is 13.2 Å². The lowest BCUT2D eigenvalue weighted by molar-refractivity contribution is -0.136. The number of hydrogen-bond acceptors (Lipinski definition) is 6. The number of nitrogens with zero attached hydrogens (tertiary/aromatic N) is 1. The van der Waals surface area contributed by atoms with Gasteiger partial charge in [0, 0.05) is 24.4 Å². The quantitative estimate of drug-likeness (QED) is 0.440. The summed E-state index contributed by atoms with van der Waals surface area (Å²) in [5, 5.41) is 9.46. The zero-order chi connectivity index (χ0) is 26.3. The second kappa shape index (κ2) is 15.8. The molecule has 0 aliphatic carbocycles. The number of benzene rings is 1. The van der Waals surface area contributed by atoms with E-state index >= 15 is 0 Å². The highest BCUT2D eigenvalue weighted by Gasteiger charge is 2.16. The van der Waals surface area contributed by atoms with Crippen LogP contribution in [0.25, 0.3) is 10.9 Å². The molecule has 0 saturated heterocycles. The lowest BCUT2D eigenvalue weighted by Crippen LogP contribution is -2.08. The summed E-state index contributed by atoms with van der Waals surface area (Å²) in [6.45, 7) is 7.92. The third kappa shape index (κ3) is 10.3. The van der Waals surface area contributed by atoms with Gasteiger partial charge in [0.05, 0.1) is 44.6 Å². The van der Waals surface area contributed by atoms with Crippen molar-refractivity contribution in [1.82, 2.24) is 3.97 Å². The number of hydrogen-bond donors (Lipinski definition) is 1. The maximum atomic E-state index is 11.8.